The van der Waals surface area contributed by atoms with Crippen LogP contribution in [0.15, 0.2) is 4.99 Å². The van der Waals surface area contributed by atoms with Gasteiger partial charge in [-0.25, -0.2) is 0 Å². The van der Waals surface area contributed by atoms with E-state index in [1.807, 2.05) is 0 Å². The Bertz CT molecular complexity index is 335. The molecule has 0 bridgehead atoms. The second-order valence-electron chi connectivity index (χ2n) is 7.52. The molecule has 0 aromatic heterocycles. The minimum Gasteiger partial charge on any atom is -0.357 e. The molecule has 0 aromatic carbocycles. The zero-order chi connectivity index (χ0) is 17.8. The zero-order valence-electron chi connectivity index (χ0n) is 16.8. The number of aliphatic imine (C=N–C) groups is 1. The molecule has 0 aromatic rings. The smallest absolute Gasteiger partial charge is 0.191 e. The van der Waals surface area contributed by atoms with Crippen LogP contribution in [0.3, 0.4) is 0 Å². The predicted molar refractivity (Wildman–Crippen MR) is 106 cm³/mol. The van der Waals surface area contributed by atoms with Crippen molar-refractivity contribution in [1.82, 2.24) is 20.4 Å². The molecule has 1 saturated heterocycles. The van der Waals surface area contributed by atoms with Gasteiger partial charge in [0.25, 0.3) is 0 Å². The monoisotopic (exact) mass is 339 g/mol. The molecule has 24 heavy (non-hydrogen) atoms. The van der Waals surface area contributed by atoms with Crippen molar-refractivity contribution in [3.63, 3.8) is 0 Å². The summed E-state index contributed by atoms with van der Waals surface area (Å²) in [5.41, 5.74) is 0. The highest BCUT2D eigenvalue weighted by Gasteiger charge is 2.17. The van der Waals surface area contributed by atoms with Crippen LogP contribution in [0.25, 0.3) is 0 Å². The van der Waals surface area contributed by atoms with Crippen molar-refractivity contribution in [2.24, 2.45) is 16.8 Å². The van der Waals surface area contributed by atoms with Gasteiger partial charge < -0.3 is 20.4 Å². The van der Waals surface area contributed by atoms with Gasteiger partial charge in [-0.3, -0.25) is 4.99 Å². The molecule has 0 radical (unpaired) electrons. The van der Waals surface area contributed by atoms with E-state index in [1.54, 1.807) is 0 Å². The first-order chi connectivity index (χ1) is 11.5. The van der Waals surface area contributed by atoms with Crippen LogP contribution >= 0.6 is 0 Å². The number of nitrogens with zero attached hydrogens (tertiary/aromatic N) is 3. The molecule has 0 saturated carbocycles. The summed E-state index contributed by atoms with van der Waals surface area (Å²) in [6.45, 7) is 21.3. The van der Waals surface area contributed by atoms with Crippen LogP contribution in [0.5, 0.6) is 0 Å². The Morgan fingerprint density at radius 1 is 1.00 bits per heavy atom. The summed E-state index contributed by atoms with van der Waals surface area (Å²) in [4.78, 5) is 9.91. The Hall–Kier alpha value is -0.810. The first-order valence-electron chi connectivity index (χ1n) is 10.0. The molecule has 1 unspecified atom stereocenters. The van der Waals surface area contributed by atoms with E-state index in [4.69, 9.17) is 4.99 Å². The summed E-state index contributed by atoms with van der Waals surface area (Å²) in [7, 11) is 0. The minimum absolute atomic E-state index is 0.601. The zero-order valence-corrected chi connectivity index (χ0v) is 16.8. The number of guanidine groups is 1. The summed E-state index contributed by atoms with van der Waals surface area (Å²) in [5, 5.41) is 6.83. The largest absolute Gasteiger partial charge is 0.357 e. The SMILES string of the molecule is CCNC(=NCC(C)CN1CCN(CC)CC1)NCCCC(C)C. The quantitative estimate of drug-likeness (QED) is 0.364. The second-order valence-corrected chi connectivity index (χ2v) is 7.52. The molecule has 1 fully saturated rings. The third-order valence-electron chi connectivity index (χ3n) is 4.64. The van der Waals surface area contributed by atoms with Crippen molar-refractivity contribution < 1.29 is 0 Å². The Kier molecular flexibility index (Phi) is 11.1. The van der Waals surface area contributed by atoms with E-state index in [9.17, 15) is 0 Å². The van der Waals surface area contributed by atoms with Gasteiger partial charge in [-0.05, 0) is 38.1 Å². The maximum absolute atomic E-state index is 4.78. The summed E-state index contributed by atoms with van der Waals surface area (Å²) in [6.07, 6.45) is 2.48. The topological polar surface area (TPSA) is 42.9 Å². The third kappa shape index (κ3) is 9.48. The van der Waals surface area contributed by atoms with Crippen LogP contribution in [-0.4, -0.2) is 74.7 Å². The molecule has 0 amide bonds. The van der Waals surface area contributed by atoms with Gasteiger partial charge in [0.05, 0.1) is 0 Å². The molecule has 0 aliphatic carbocycles. The van der Waals surface area contributed by atoms with Gasteiger partial charge >= 0.3 is 0 Å². The normalized spacial score (nSPS) is 18.8. The van der Waals surface area contributed by atoms with Crippen molar-refractivity contribution in [2.75, 3.05) is 58.9 Å². The van der Waals surface area contributed by atoms with Crippen LogP contribution < -0.4 is 10.6 Å². The highest BCUT2D eigenvalue weighted by molar-refractivity contribution is 5.79. The van der Waals surface area contributed by atoms with Gasteiger partial charge in [-0.15, -0.1) is 0 Å². The molecule has 5 heteroatoms. The molecule has 1 heterocycles. The van der Waals surface area contributed by atoms with Crippen LogP contribution in [0.4, 0.5) is 0 Å². The minimum atomic E-state index is 0.601. The van der Waals surface area contributed by atoms with Crippen LogP contribution in [0, 0.1) is 11.8 Å². The molecule has 1 rings (SSSR count). The number of piperazine rings is 1. The standard InChI is InChI=1S/C19H41N5/c1-6-20-19(21-10-8-9-17(3)4)22-15-18(5)16-24-13-11-23(7-2)12-14-24/h17-18H,6-16H2,1-5H3,(H2,20,21,22). The molecule has 142 valence electrons. The molecular weight excluding hydrogens is 298 g/mol. The molecule has 5 nitrogen and oxygen atoms in total. The Labute approximate surface area is 150 Å². The number of likely N-dealkylation sites (N-methyl/N-ethyl adjacent to an activating group) is 1. The van der Waals surface area contributed by atoms with E-state index in [0.29, 0.717) is 5.92 Å². The number of hydrogen-bond donors (Lipinski definition) is 2. The Balaban J connectivity index is 2.28. The second kappa shape index (κ2) is 12.5. The lowest BCUT2D eigenvalue weighted by Crippen LogP contribution is -2.47. The fourth-order valence-electron chi connectivity index (χ4n) is 3.09. The summed E-state index contributed by atoms with van der Waals surface area (Å²) >= 11 is 0. The predicted octanol–water partition coefficient (Wildman–Crippen LogP) is 2.25. The average molecular weight is 340 g/mol. The Morgan fingerprint density at radius 3 is 2.25 bits per heavy atom. The van der Waals surface area contributed by atoms with Crippen molar-refractivity contribution in [2.45, 2.75) is 47.5 Å². The summed E-state index contributed by atoms with van der Waals surface area (Å²) < 4.78 is 0. The summed E-state index contributed by atoms with van der Waals surface area (Å²) in [6, 6.07) is 0. The maximum Gasteiger partial charge on any atom is 0.191 e. The highest BCUT2D eigenvalue weighted by atomic mass is 15.3. The van der Waals surface area contributed by atoms with E-state index in [-0.39, 0.29) is 0 Å². The molecule has 1 atom stereocenters. The van der Waals surface area contributed by atoms with Gasteiger partial charge in [0, 0.05) is 52.4 Å². The molecule has 1 aliphatic rings. The van der Waals surface area contributed by atoms with Crippen molar-refractivity contribution in [3.05, 3.63) is 0 Å². The fraction of sp³-hybridized carbons (Fsp3) is 0.947. The average Bonchev–Trinajstić information content (AvgIpc) is 2.57. The fourth-order valence-corrected chi connectivity index (χ4v) is 3.09. The molecule has 2 N–H and O–H groups in total. The number of rotatable bonds is 10. The van der Waals surface area contributed by atoms with E-state index in [0.717, 1.165) is 38.1 Å². The van der Waals surface area contributed by atoms with Gasteiger partial charge in [-0.1, -0.05) is 27.7 Å². The third-order valence-corrected chi connectivity index (χ3v) is 4.64. The van der Waals surface area contributed by atoms with E-state index < -0.39 is 0 Å². The first-order valence-corrected chi connectivity index (χ1v) is 10.0. The number of nitrogens with one attached hydrogen (secondary N) is 2. The highest BCUT2D eigenvalue weighted by Crippen LogP contribution is 2.06. The molecule has 0 spiro atoms. The lowest BCUT2D eigenvalue weighted by molar-refractivity contribution is 0.125. The van der Waals surface area contributed by atoms with Crippen molar-refractivity contribution >= 4 is 5.96 Å². The van der Waals surface area contributed by atoms with Crippen LogP contribution in [0.1, 0.15) is 47.5 Å². The van der Waals surface area contributed by atoms with Crippen LogP contribution in [0.2, 0.25) is 0 Å². The van der Waals surface area contributed by atoms with Crippen molar-refractivity contribution in [3.8, 4) is 0 Å². The first kappa shape index (κ1) is 21.2. The van der Waals surface area contributed by atoms with Gasteiger partial charge in [0.2, 0.25) is 0 Å². The van der Waals surface area contributed by atoms with E-state index in [1.165, 1.54) is 45.6 Å². The number of hydrogen-bond acceptors (Lipinski definition) is 3. The Morgan fingerprint density at radius 2 is 1.67 bits per heavy atom. The van der Waals surface area contributed by atoms with Crippen molar-refractivity contribution in [1.29, 1.82) is 0 Å². The maximum atomic E-state index is 4.78. The van der Waals surface area contributed by atoms with E-state index in [2.05, 4.69) is 55.1 Å². The van der Waals surface area contributed by atoms with Gasteiger partial charge in [0.15, 0.2) is 5.96 Å². The lowest BCUT2D eigenvalue weighted by Gasteiger charge is -2.35. The molecular formula is C19H41N5. The van der Waals surface area contributed by atoms with Gasteiger partial charge in [-0.2, -0.15) is 0 Å². The van der Waals surface area contributed by atoms with Gasteiger partial charge in [0.1, 0.15) is 0 Å². The summed E-state index contributed by atoms with van der Waals surface area (Å²) in [5.74, 6) is 2.35. The van der Waals surface area contributed by atoms with Crippen LogP contribution in [-0.2, 0) is 0 Å². The molecule has 1 aliphatic heterocycles. The van der Waals surface area contributed by atoms with E-state index >= 15 is 0 Å². The lowest BCUT2D eigenvalue weighted by atomic mass is 10.1.